The van der Waals surface area contributed by atoms with Crippen molar-refractivity contribution in [3.63, 3.8) is 0 Å². The first-order chi connectivity index (χ1) is 14.2. The first kappa shape index (κ1) is 19.6. The molecule has 1 saturated carbocycles. The maximum atomic E-state index is 12.3. The summed E-state index contributed by atoms with van der Waals surface area (Å²) in [6.45, 7) is 0.449. The Kier molecular flexibility index (Phi) is 6.20. The Morgan fingerprint density at radius 1 is 1.14 bits per heavy atom. The molecule has 4 rings (SSSR count). The largest absolute Gasteiger partial charge is 0.493 e. The van der Waals surface area contributed by atoms with Crippen LogP contribution in [0.15, 0.2) is 58.4 Å². The number of aliphatic imine (C=N–C) groups is 1. The van der Waals surface area contributed by atoms with Gasteiger partial charge in [0.15, 0.2) is 16.7 Å². The van der Waals surface area contributed by atoms with Crippen LogP contribution in [0.1, 0.15) is 36.8 Å². The molecule has 1 aliphatic heterocycles. The van der Waals surface area contributed by atoms with Crippen molar-refractivity contribution in [1.29, 1.82) is 0 Å². The van der Waals surface area contributed by atoms with Gasteiger partial charge in [-0.25, -0.2) is 0 Å². The Bertz CT molecular complexity index is 934. The maximum Gasteiger partial charge on any atom is 0.264 e. The summed E-state index contributed by atoms with van der Waals surface area (Å²) in [5.74, 6) is 1.21. The molecule has 6 heteroatoms. The van der Waals surface area contributed by atoms with Gasteiger partial charge in [0, 0.05) is 0 Å². The molecule has 1 N–H and O–H groups in total. The van der Waals surface area contributed by atoms with Gasteiger partial charge in [0.25, 0.3) is 5.91 Å². The van der Waals surface area contributed by atoms with Crippen LogP contribution in [0.25, 0.3) is 6.08 Å². The van der Waals surface area contributed by atoms with Gasteiger partial charge >= 0.3 is 0 Å². The number of thioether (sulfide) groups is 1. The number of amidine groups is 1. The average Bonchev–Trinajstić information content (AvgIpc) is 3.37. The number of amides is 1. The number of carbonyl (C=O) groups excluding carboxylic acids is 1. The lowest BCUT2D eigenvalue weighted by Crippen LogP contribution is -2.21. The summed E-state index contributed by atoms with van der Waals surface area (Å²) < 4.78 is 11.4. The number of hydrogen-bond acceptors (Lipinski definition) is 5. The van der Waals surface area contributed by atoms with E-state index in [1.807, 2.05) is 54.6 Å². The highest BCUT2D eigenvalue weighted by atomic mass is 32.2. The zero-order valence-electron chi connectivity index (χ0n) is 16.4. The second-order valence-electron chi connectivity index (χ2n) is 7.12. The summed E-state index contributed by atoms with van der Waals surface area (Å²) in [5.41, 5.74) is 1.96. The SMILES string of the molecule is COc1ccc(C=C2SC(=NC3CCCC3)NC2=O)cc1OCc1ccccc1. The molecular weight excluding hydrogens is 384 g/mol. The van der Waals surface area contributed by atoms with Crippen LogP contribution in [0.5, 0.6) is 11.5 Å². The summed E-state index contributed by atoms with van der Waals surface area (Å²) >= 11 is 1.40. The molecule has 0 aromatic heterocycles. The van der Waals surface area contributed by atoms with Crippen molar-refractivity contribution in [3.05, 3.63) is 64.6 Å². The van der Waals surface area contributed by atoms with Crippen molar-refractivity contribution in [2.24, 2.45) is 4.99 Å². The maximum absolute atomic E-state index is 12.3. The van der Waals surface area contributed by atoms with Gasteiger partial charge in [0.05, 0.1) is 18.1 Å². The van der Waals surface area contributed by atoms with Crippen molar-refractivity contribution in [1.82, 2.24) is 5.32 Å². The monoisotopic (exact) mass is 408 g/mol. The topological polar surface area (TPSA) is 59.9 Å². The molecule has 2 aromatic carbocycles. The predicted octanol–water partition coefficient (Wildman–Crippen LogP) is 4.78. The minimum atomic E-state index is -0.102. The molecule has 1 saturated heterocycles. The van der Waals surface area contributed by atoms with Crippen molar-refractivity contribution >= 4 is 28.9 Å². The second-order valence-corrected chi connectivity index (χ2v) is 8.15. The molecule has 1 heterocycles. The standard InChI is InChI=1S/C23H24N2O3S/c1-27-19-12-11-17(13-20(19)28-15-16-7-3-2-4-8-16)14-21-22(26)25-23(29-21)24-18-9-5-6-10-18/h2-4,7-8,11-14,18H,5-6,9-10,15H2,1H3,(H,24,25,26). The van der Waals surface area contributed by atoms with Crippen LogP contribution in [-0.4, -0.2) is 24.2 Å². The van der Waals surface area contributed by atoms with Crippen LogP contribution in [-0.2, 0) is 11.4 Å². The molecule has 5 nitrogen and oxygen atoms in total. The number of hydrogen-bond donors (Lipinski definition) is 1. The van der Waals surface area contributed by atoms with Crippen molar-refractivity contribution in [2.75, 3.05) is 7.11 Å². The number of rotatable bonds is 6. The fourth-order valence-corrected chi connectivity index (χ4v) is 4.36. The third kappa shape index (κ3) is 5.01. The van der Waals surface area contributed by atoms with Crippen LogP contribution in [0, 0.1) is 0 Å². The summed E-state index contributed by atoms with van der Waals surface area (Å²) in [6, 6.07) is 16.0. The Balaban J connectivity index is 1.50. The minimum absolute atomic E-state index is 0.102. The van der Waals surface area contributed by atoms with Gasteiger partial charge in [-0.3, -0.25) is 9.79 Å². The zero-order chi connectivity index (χ0) is 20.1. The third-order valence-corrected chi connectivity index (χ3v) is 5.92. The van der Waals surface area contributed by atoms with E-state index in [9.17, 15) is 4.79 Å². The molecule has 0 bridgehead atoms. The molecule has 2 fully saturated rings. The fraction of sp³-hybridized carbons (Fsp3) is 0.304. The molecule has 0 radical (unpaired) electrons. The summed E-state index contributed by atoms with van der Waals surface area (Å²) in [4.78, 5) is 17.7. The van der Waals surface area contributed by atoms with E-state index in [0.29, 0.717) is 34.2 Å². The highest BCUT2D eigenvalue weighted by Crippen LogP contribution is 2.33. The summed E-state index contributed by atoms with van der Waals surface area (Å²) in [5, 5.41) is 3.60. The minimum Gasteiger partial charge on any atom is -0.493 e. The van der Waals surface area contributed by atoms with Gasteiger partial charge in [-0.15, -0.1) is 0 Å². The number of ether oxygens (including phenoxy) is 2. The van der Waals surface area contributed by atoms with E-state index in [1.165, 1.54) is 24.6 Å². The molecule has 0 atom stereocenters. The number of benzene rings is 2. The number of nitrogens with zero attached hydrogens (tertiary/aromatic N) is 1. The van der Waals surface area contributed by atoms with E-state index in [0.717, 1.165) is 24.0 Å². The number of carbonyl (C=O) groups is 1. The Hall–Kier alpha value is -2.73. The van der Waals surface area contributed by atoms with Gasteiger partial charge in [0.2, 0.25) is 0 Å². The second kappa shape index (κ2) is 9.18. The molecule has 29 heavy (non-hydrogen) atoms. The van der Waals surface area contributed by atoms with Gasteiger partial charge < -0.3 is 14.8 Å². The molecule has 2 aliphatic rings. The van der Waals surface area contributed by atoms with Gasteiger partial charge in [0.1, 0.15) is 6.61 Å². The molecular formula is C23H24N2O3S. The van der Waals surface area contributed by atoms with Crippen LogP contribution in [0.3, 0.4) is 0 Å². The van der Waals surface area contributed by atoms with Gasteiger partial charge in [-0.1, -0.05) is 49.2 Å². The van der Waals surface area contributed by atoms with Crippen molar-refractivity contribution < 1.29 is 14.3 Å². The third-order valence-electron chi connectivity index (χ3n) is 5.00. The lowest BCUT2D eigenvalue weighted by molar-refractivity contribution is -0.115. The average molecular weight is 409 g/mol. The summed E-state index contributed by atoms with van der Waals surface area (Å²) in [6.07, 6.45) is 6.53. The highest BCUT2D eigenvalue weighted by molar-refractivity contribution is 8.18. The van der Waals surface area contributed by atoms with Crippen LogP contribution < -0.4 is 14.8 Å². The molecule has 2 aromatic rings. The van der Waals surface area contributed by atoms with Crippen LogP contribution in [0.2, 0.25) is 0 Å². The smallest absolute Gasteiger partial charge is 0.264 e. The van der Waals surface area contributed by atoms with Crippen molar-refractivity contribution in [3.8, 4) is 11.5 Å². The zero-order valence-corrected chi connectivity index (χ0v) is 17.2. The molecule has 0 spiro atoms. The first-order valence-electron chi connectivity index (χ1n) is 9.85. The van der Waals surface area contributed by atoms with Gasteiger partial charge in [-0.2, -0.15) is 0 Å². The van der Waals surface area contributed by atoms with E-state index in [-0.39, 0.29) is 5.91 Å². The van der Waals surface area contributed by atoms with Crippen molar-refractivity contribution in [2.45, 2.75) is 38.3 Å². The summed E-state index contributed by atoms with van der Waals surface area (Å²) in [7, 11) is 1.62. The fourth-order valence-electron chi connectivity index (χ4n) is 3.47. The molecule has 150 valence electrons. The lowest BCUT2D eigenvalue weighted by Gasteiger charge is -2.11. The Morgan fingerprint density at radius 3 is 2.69 bits per heavy atom. The van der Waals surface area contributed by atoms with Crippen LogP contribution in [0.4, 0.5) is 0 Å². The number of nitrogens with one attached hydrogen (secondary N) is 1. The first-order valence-corrected chi connectivity index (χ1v) is 10.7. The number of methoxy groups -OCH3 is 1. The Morgan fingerprint density at radius 2 is 1.93 bits per heavy atom. The van der Waals surface area contributed by atoms with Gasteiger partial charge in [-0.05, 0) is 53.9 Å². The molecule has 0 unspecified atom stereocenters. The normalized spacial score (nSPS) is 19.7. The molecule has 1 amide bonds. The van der Waals surface area contributed by atoms with E-state index in [4.69, 9.17) is 9.47 Å². The Labute approximate surface area is 175 Å². The highest BCUT2D eigenvalue weighted by Gasteiger charge is 2.25. The van der Waals surface area contributed by atoms with E-state index in [1.54, 1.807) is 7.11 Å². The van der Waals surface area contributed by atoms with E-state index >= 15 is 0 Å². The van der Waals surface area contributed by atoms with E-state index < -0.39 is 0 Å². The van der Waals surface area contributed by atoms with E-state index in [2.05, 4.69) is 10.3 Å². The lowest BCUT2D eigenvalue weighted by atomic mass is 10.2. The van der Waals surface area contributed by atoms with Crippen LogP contribution >= 0.6 is 11.8 Å². The quantitative estimate of drug-likeness (QED) is 0.699. The molecule has 1 aliphatic carbocycles. The predicted molar refractivity (Wildman–Crippen MR) is 117 cm³/mol.